The number of hydrogen-bond donors (Lipinski definition) is 6. The van der Waals surface area contributed by atoms with Crippen LogP contribution in [0.2, 0.25) is 0 Å². The summed E-state index contributed by atoms with van der Waals surface area (Å²) in [7, 11) is 0. The zero-order chi connectivity index (χ0) is 17.1. The van der Waals surface area contributed by atoms with Crippen LogP contribution < -0.4 is 17.2 Å². The lowest BCUT2D eigenvalue weighted by Crippen LogP contribution is -2.02. The predicted molar refractivity (Wildman–Crippen MR) is 77.8 cm³/mol. The number of aliphatic carboxylic acids is 3. The monoisotopic (exact) mass is 309 g/mol. The first-order chi connectivity index (χ1) is 9.81. The van der Waals surface area contributed by atoms with E-state index in [1.54, 1.807) is 0 Å². The smallest absolute Gasteiger partial charge is 0.303 e. The molecule has 0 saturated carbocycles. The van der Waals surface area contributed by atoms with Gasteiger partial charge in [-0.2, -0.15) is 0 Å². The highest BCUT2D eigenvalue weighted by Crippen LogP contribution is 1.83. The van der Waals surface area contributed by atoms with Crippen molar-refractivity contribution in [2.75, 3.05) is 19.6 Å². The van der Waals surface area contributed by atoms with Crippen molar-refractivity contribution in [3.05, 3.63) is 0 Å². The fraction of sp³-hybridized carbons (Fsp3) is 0.750. The SMILES string of the molecule is NCCCC(=O)O.NCCCC(=O)O.NCCCC(=O)O. The Morgan fingerprint density at radius 1 is 0.571 bits per heavy atom. The predicted octanol–water partition coefficient (Wildman–Crippen LogP) is -0.570. The maximum atomic E-state index is 9.70. The van der Waals surface area contributed by atoms with Crippen molar-refractivity contribution in [2.24, 2.45) is 17.2 Å². The summed E-state index contributed by atoms with van der Waals surface area (Å²) in [6, 6.07) is 0. The molecule has 0 radical (unpaired) electrons. The Morgan fingerprint density at radius 3 is 0.810 bits per heavy atom. The van der Waals surface area contributed by atoms with E-state index in [4.69, 9.17) is 32.5 Å². The van der Waals surface area contributed by atoms with Crippen molar-refractivity contribution in [3.63, 3.8) is 0 Å². The highest BCUT2D eigenvalue weighted by molar-refractivity contribution is 5.67. The molecule has 21 heavy (non-hydrogen) atoms. The van der Waals surface area contributed by atoms with Crippen molar-refractivity contribution < 1.29 is 29.7 Å². The lowest BCUT2D eigenvalue weighted by atomic mass is 10.3. The molecule has 0 aliphatic heterocycles. The molecule has 0 bridgehead atoms. The summed E-state index contributed by atoms with van der Waals surface area (Å²) in [6.07, 6.45) is 2.31. The summed E-state index contributed by atoms with van der Waals surface area (Å²) in [5.74, 6) is -2.32. The molecule has 0 heterocycles. The van der Waals surface area contributed by atoms with Gasteiger partial charge in [-0.05, 0) is 38.9 Å². The van der Waals surface area contributed by atoms with E-state index in [-0.39, 0.29) is 19.3 Å². The van der Waals surface area contributed by atoms with Gasteiger partial charge in [-0.15, -0.1) is 0 Å². The lowest BCUT2D eigenvalue weighted by Gasteiger charge is -1.86. The quantitative estimate of drug-likeness (QED) is 0.323. The second kappa shape index (κ2) is 20.6. The van der Waals surface area contributed by atoms with Crippen LogP contribution in [0.4, 0.5) is 0 Å². The molecule has 0 aromatic carbocycles. The molecule has 0 aliphatic rings. The minimum Gasteiger partial charge on any atom is -0.481 e. The van der Waals surface area contributed by atoms with Crippen molar-refractivity contribution in [1.29, 1.82) is 0 Å². The molecule has 0 amide bonds. The number of carboxylic acids is 3. The van der Waals surface area contributed by atoms with Crippen LogP contribution in [0.25, 0.3) is 0 Å². The summed E-state index contributed by atoms with van der Waals surface area (Å²) in [6.45, 7) is 1.39. The Morgan fingerprint density at radius 2 is 0.762 bits per heavy atom. The standard InChI is InChI=1S/3C4H9NO2/c3*5-3-1-2-4(6)7/h3*1-3,5H2,(H,6,7). The van der Waals surface area contributed by atoms with E-state index in [0.717, 1.165) is 0 Å². The molecule has 9 N–H and O–H groups in total. The molecule has 0 spiro atoms. The van der Waals surface area contributed by atoms with E-state index < -0.39 is 17.9 Å². The molecule has 0 aromatic rings. The van der Waals surface area contributed by atoms with Crippen LogP contribution >= 0.6 is 0 Å². The third kappa shape index (κ3) is 45.8. The van der Waals surface area contributed by atoms with Crippen LogP contribution in [-0.4, -0.2) is 52.9 Å². The highest BCUT2D eigenvalue weighted by Gasteiger charge is 1.92. The zero-order valence-corrected chi connectivity index (χ0v) is 12.2. The number of carboxylic acid groups (broad SMARTS) is 3. The fourth-order valence-electron chi connectivity index (χ4n) is 0.760. The molecule has 126 valence electrons. The second-order valence-electron chi connectivity index (χ2n) is 3.86. The third-order valence-corrected chi connectivity index (χ3v) is 1.78. The van der Waals surface area contributed by atoms with E-state index in [2.05, 4.69) is 0 Å². The molecular weight excluding hydrogens is 282 g/mol. The van der Waals surface area contributed by atoms with Gasteiger partial charge in [0.2, 0.25) is 0 Å². The molecule has 9 nitrogen and oxygen atoms in total. The summed E-state index contributed by atoms with van der Waals surface area (Å²) in [5, 5.41) is 24.0. The summed E-state index contributed by atoms with van der Waals surface area (Å²) < 4.78 is 0. The van der Waals surface area contributed by atoms with Crippen molar-refractivity contribution in [1.82, 2.24) is 0 Å². The minimum absolute atomic E-state index is 0.191. The normalized spacial score (nSPS) is 8.71. The number of nitrogens with two attached hydrogens (primary N) is 3. The van der Waals surface area contributed by atoms with E-state index in [9.17, 15) is 14.4 Å². The Balaban J connectivity index is -0.000000231. The van der Waals surface area contributed by atoms with Gasteiger partial charge >= 0.3 is 17.9 Å². The number of hydrogen-bond acceptors (Lipinski definition) is 6. The van der Waals surface area contributed by atoms with Crippen LogP contribution in [0.1, 0.15) is 38.5 Å². The molecule has 0 atom stereocenters. The van der Waals surface area contributed by atoms with E-state index in [1.165, 1.54) is 0 Å². The topological polar surface area (TPSA) is 190 Å². The van der Waals surface area contributed by atoms with Gasteiger partial charge in [0.05, 0.1) is 0 Å². The average molecular weight is 309 g/mol. The van der Waals surface area contributed by atoms with E-state index >= 15 is 0 Å². The molecular formula is C12H27N3O6. The van der Waals surface area contributed by atoms with Crippen LogP contribution in [-0.2, 0) is 14.4 Å². The van der Waals surface area contributed by atoms with Gasteiger partial charge in [0.15, 0.2) is 0 Å². The molecule has 0 unspecified atom stereocenters. The van der Waals surface area contributed by atoms with Crippen molar-refractivity contribution in [2.45, 2.75) is 38.5 Å². The van der Waals surface area contributed by atoms with Gasteiger partial charge in [0.1, 0.15) is 0 Å². The van der Waals surface area contributed by atoms with Crippen LogP contribution in [0.5, 0.6) is 0 Å². The van der Waals surface area contributed by atoms with Gasteiger partial charge in [-0.3, -0.25) is 14.4 Å². The first-order valence-electron chi connectivity index (χ1n) is 6.57. The first kappa shape index (κ1) is 24.3. The summed E-state index contributed by atoms with van der Waals surface area (Å²) in [4.78, 5) is 29.1. The molecule has 0 fully saturated rings. The Kier molecular flexibility index (Phi) is 23.9. The summed E-state index contributed by atoms with van der Waals surface area (Å²) in [5.41, 5.74) is 15.0. The van der Waals surface area contributed by atoms with Gasteiger partial charge in [0.25, 0.3) is 0 Å². The number of carbonyl (C=O) groups is 3. The van der Waals surface area contributed by atoms with E-state index in [0.29, 0.717) is 38.9 Å². The highest BCUT2D eigenvalue weighted by atomic mass is 16.4. The average Bonchev–Trinajstić information content (AvgIpc) is 2.41. The Hall–Kier alpha value is -1.71. The van der Waals surface area contributed by atoms with Crippen molar-refractivity contribution >= 4 is 17.9 Å². The van der Waals surface area contributed by atoms with Gasteiger partial charge in [0, 0.05) is 19.3 Å². The van der Waals surface area contributed by atoms with Gasteiger partial charge in [-0.1, -0.05) is 0 Å². The fourth-order valence-corrected chi connectivity index (χ4v) is 0.760. The van der Waals surface area contributed by atoms with Crippen LogP contribution in [0.15, 0.2) is 0 Å². The van der Waals surface area contributed by atoms with E-state index in [1.807, 2.05) is 0 Å². The Bertz CT molecular complexity index is 231. The Labute approximate surface area is 124 Å². The largest absolute Gasteiger partial charge is 0.481 e. The molecule has 0 rings (SSSR count). The van der Waals surface area contributed by atoms with Crippen LogP contribution in [0, 0.1) is 0 Å². The maximum absolute atomic E-state index is 9.70. The lowest BCUT2D eigenvalue weighted by molar-refractivity contribution is -0.138. The third-order valence-electron chi connectivity index (χ3n) is 1.78. The zero-order valence-electron chi connectivity index (χ0n) is 12.2. The molecule has 0 aromatic heterocycles. The maximum Gasteiger partial charge on any atom is 0.303 e. The first-order valence-corrected chi connectivity index (χ1v) is 6.57. The van der Waals surface area contributed by atoms with Crippen LogP contribution in [0.3, 0.4) is 0 Å². The number of rotatable bonds is 9. The van der Waals surface area contributed by atoms with Gasteiger partial charge in [-0.25, -0.2) is 0 Å². The molecule has 0 saturated heterocycles. The van der Waals surface area contributed by atoms with Gasteiger partial charge < -0.3 is 32.5 Å². The molecule has 9 heteroatoms. The minimum atomic E-state index is -0.773. The van der Waals surface area contributed by atoms with Crippen molar-refractivity contribution in [3.8, 4) is 0 Å². The summed E-state index contributed by atoms with van der Waals surface area (Å²) >= 11 is 0. The molecule has 0 aliphatic carbocycles. The second-order valence-corrected chi connectivity index (χ2v) is 3.86.